The van der Waals surface area contributed by atoms with Crippen molar-refractivity contribution in [3.05, 3.63) is 18.2 Å². The van der Waals surface area contributed by atoms with E-state index in [0.717, 1.165) is 22.7 Å². The molecular weight excluding hydrogens is 232 g/mol. The summed E-state index contributed by atoms with van der Waals surface area (Å²) in [4.78, 5) is 8.83. The molecule has 0 amide bonds. The summed E-state index contributed by atoms with van der Waals surface area (Å²) in [6.45, 7) is 5.18. The maximum absolute atomic E-state index is 4.57. The number of hydrogen-bond donors (Lipinski definition) is 1. The lowest BCUT2D eigenvalue weighted by atomic mass is 10.1. The van der Waals surface area contributed by atoms with Crippen LogP contribution in [0.15, 0.2) is 17.4 Å². The van der Waals surface area contributed by atoms with Crippen molar-refractivity contribution in [1.82, 2.24) is 14.9 Å². The van der Waals surface area contributed by atoms with Crippen LogP contribution in [0, 0.1) is 5.92 Å². The van der Waals surface area contributed by atoms with Gasteiger partial charge in [-0.1, -0.05) is 25.6 Å². The molecule has 1 saturated heterocycles. The molecule has 1 N–H and O–H groups in total. The topological polar surface area (TPSA) is 42.2 Å². The summed E-state index contributed by atoms with van der Waals surface area (Å²) in [7, 11) is 2.00. The van der Waals surface area contributed by atoms with E-state index in [2.05, 4.69) is 29.1 Å². The third kappa shape index (κ3) is 3.49. The van der Waals surface area contributed by atoms with Gasteiger partial charge in [0.05, 0.1) is 6.54 Å². The predicted molar refractivity (Wildman–Crippen MR) is 73.2 cm³/mol. The van der Waals surface area contributed by atoms with Crippen LogP contribution in [0.4, 0.5) is 0 Å². The van der Waals surface area contributed by atoms with Crippen molar-refractivity contribution in [2.75, 3.05) is 5.75 Å². The van der Waals surface area contributed by atoms with E-state index in [1.807, 2.05) is 35.8 Å². The minimum atomic E-state index is 0.583. The average Bonchev–Trinajstić information content (AvgIpc) is 2.84. The predicted octanol–water partition coefficient (Wildman–Crippen LogP) is 2.03. The van der Waals surface area contributed by atoms with Crippen LogP contribution in [0.1, 0.15) is 26.1 Å². The van der Waals surface area contributed by atoms with Crippen molar-refractivity contribution >= 4 is 16.9 Å². The molecule has 1 atom stereocenters. The first kappa shape index (κ1) is 12.5. The fraction of sp³-hybridized carbons (Fsp3) is 0.667. The van der Waals surface area contributed by atoms with Crippen LogP contribution >= 0.6 is 11.8 Å². The first-order chi connectivity index (χ1) is 8.15. The Kier molecular flexibility index (Phi) is 4.10. The van der Waals surface area contributed by atoms with E-state index in [0.29, 0.717) is 12.6 Å². The molecule has 1 aromatic heterocycles. The van der Waals surface area contributed by atoms with Gasteiger partial charge < -0.3 is 9.88 Å². The van der Waals surface area contributed by atoms with E-state index >= 15 is 0 Å². The van der Waals surface area contributed by atoms with Crippen molar-refractivity contribution in [3.8, 4) is 0 Å². The van der Waals surface area contributed by atoms with E-state index in [-0.39, 0.29) is 0 Å². The minimum absolute atomic E-state index is 0.583. The largest absolute Gasteiger partial charge is 0.361 e. The van der Waals surface area contributed by atoms with Crippen molar-refractivity contribution in [3.63, 3.8) is 0 Å². The number of nitrogens with zero attached hydrogens (tertiary/aromatic N) is 3. The molecule has 0 aromatic carbocycles. The molecule has 94 valence electrons. The first-order valence-electron chi connectivity index (χ1n) is 6.05. The van der Waals surface area contributed by atoms with Crippen LogP contribution in [-0.2, 0) is 13.6 Å². The van der Waals surface area contributed by atoms with Crippen molar-refractivity contribution in [2.24, 2.45) is 18.0 Å². The number of amidine groups is 1. The number of hydrogen-bond acceptors (Lipinski definition) is 3. The van der Waals surface area contributed by atoms with E-state index in [1.165, 1.54) is 6.42 Å². The highest BCUT2D eigenvalue weighted by Crippen LogP contribution is 2.19. The number of rotatable bonds is 4. The summed E-state index contributed by atoms with van der Waals surface area (Å²) in [5.74, 6) is 2.88. The summed E-state index contributed by atoms with van der Waals surface area (Å²) < 4.78 is 2.01. The molecule has 0 spiro atoms. The fourth-order valence-electron chi connectivity index (χ4n) is 1.92. The monoisotopic (exact) mass is 252 g/mol. The Morgan fingerprint density at radius 2 is 2.47 bits per heavy atom. The van der Waals surface area contributed by atoms with Gasteiger partial charge in [-0.05, 0) is 12.3 Å². The SMILES string of the molecule is CC(C)CC1CSC(=NCc2nccn2C)N1. The second kappa shape index (κ2) is 5.58. The second-order valence-corrected chi connectivity index (χ2v) is 5.87. The zero-order valence-electron chi connectivity index (χ0n) is 10.7. The molecule has 0 bridgehead atoms. The fourth-order valence-corrected chi connectivity index (χ4v) is 2.90. The lowest BCUT2D eigenvalue weighted by Crippen LogP contribution is -2.28. The molecule has 1 aliphatic rings. The van der Waals surface area contributed by atoms with Gasteiger partial charge in [-0.15, -0.1) is 0 Å². The van der Waals surface area contributed by atoms with Gasteiger partial charge in [0.1, 0.15) is 5.82 Å². The molecule has 2 rings (SSSR count). The molecule has 0 aliphatic carbocycles. The molecule has 1 aliphatic heterocycles. The summed E-state index contributed by atoms with van der Waals surface area (Å²) >= 11 is 1.82. The van der Waals surface area contributed by atoms with E-state index in [9.17, 15) is 0 Å². The van der Waals surface area contributed by atoms with Crippen molar-refractivity contribution in [2.45, 2.75) is 32.9 Å². The number of imidazole rings is 1. The van der Waals surface area contributed by atoms with Crippen LogP contribution < -0.4 is 5.32 Å². The zero-order valence-corrected chi connectivity index (χ0v) is 11.5. The number of aliphatic imine (C=N–C) groups is 1. The van der Waals surface area contributed by atoms with E-state index < -0.39 is 0 Å². The average molecular weight is 252 g/mol. The Labute approximate surface area is 107 Å². The summed E-state index contributed by atoms with van der Waals surface area (Å²) in [6.07, 6.45) is 4.98. The van der Waals surface area contributed by atoms with Gasteiger partial charge in [-0.25, -0.2) is 4.98 Å². The van der Waals surface area contributed by atoms with Gasteiger partial charge in [0, 0.05) is 31.2 Å². The normalized spacial score (nSPS) is 22.4. The number of aryl methyl sites for hydroxylation is 1. The van der Waals surface area contributed by atoms with Crippen LogP contribution in [0.5, 0.6) is 0 Å². The van der Waals surface area contributed by atoms with Crippen molar-refractivity contribution in [1.29, 1.82) is 0 Å². The molecule has 0 radical (unpaired) electrons. The lowest BCUT2D eigenvalue weighted by molar-refractivity contribution is 0.502. The molecule has 1 unspecified atom stereocenters. The maximum Gasteiger partial charge on any atom is 0.157 e. The highest BCUT2D eigenvalue weighted by Gasteiger charge is 2.20. The van der Waals surface area contributed by atoms with Gasteiger partial charge in [-0.3, -0.25) is 4.99 Å². The number of thioether (sulfide) groups is 1. The van der Waals surface area contributed by atoms with E-state index in [4.69, 9.17) is 0 Å². The Morgan fingerprint density at radius 1 is 1.65 bits per heavy atom. The molecular formula is C12H20N4S. The van der Waals surface area contributed by atoms with Crippen LogP contribution in [-0.4, -0.2) is 26.5 Å². The third-order valence-corrected chi connectivity index (χ3v) is 3.88. The van der Waals surface area contributed by atoms with E-state index in [1.54, 1.807) is 0 Å². The quantitative estimate of drug-likeness (QED) is 0.891. The lowest BCUT2D eigenvalue weighted by Gasteiger charge is -2.11. The van der Waals surface area contributed by atoms with Gasteiger partial charge >= 0.3 is 0 Å². The van der Waals surface area contributed by atoms with Gasteiger partial charge in [0.15, 0.2) is 5.17 Å². The molecule has 4 nitrogen and oxygen atoms in total. The Bertz CT molecular complexity index is 397. The molecule has 2 heterocycles. The molecule has 0 saturated carbocycles. The van der Waals surface area contributed by atoms with Gasteiger partial charge in [0.25, 0.3) is 0 Å². The summed E-state index contributed by atoms with van der Waals surface area (Å²) in [6, 6.07) is 0.583. The number of aromatic nitrogens is 2. The third-order valence-electron chi connectivity index (χ3n) is 2.79. The maximum atomic E-state index is 4.57. The summed E-state index contributed by atoms with van der Waals surface area (Å²) in [5, 5.41) is 4.55. The first-order valence-corrected chi connectivity index (χ1v) is 7.03. The number of nitrogens with one attached hydrogen (secondary N) is 1. The molecule has 5 heteroatoms. The van der Waals surface area contributed by atoms with Gasteiger partial charge in [-0.2, -0.15) is 0 Å². The Balaban J connectivity index is 1.86. The molecule has 17 heavy (non-hydrogen) atoms. The Morgan fingerprint density at radius 3 is 3.12 bits per heavy atom. The van der Waals surface area contributed by atoms with Crippen LogP contribution in [0.2, 0.25) is 0 Å². The molecule has 1 fully saturated rings. The van der Waals surface area contributed by atoms with Gasteiger partial charge in [0.2, 0.25) is 0 Å². The van der Waals surface area contributed by atoms with Crippen LogP contribution in [0.25, 0.3) is 0 Å². The van der Waals surface area contributed by atoms with Crippen LogP contribution in [0.3, 0.4) is 0 Å². The standard InChI is InChI=1S/C12H20N4S/c1-9(2)6-10-8-17-12(15-10)14-7-11-13-4-5-16(11)3/h4-5,9-10H,6-8H2,1-3H3,(H,14,15). The second-order valence-electron chi connectivity index (χ2n) is 4.86. The highest BCUT2D eigenvalue weighted by atomic mass is 32.2. The Hall–Kier alpha value is -0.970. The smallest absolute Gasteiger partial charge is 0.157 e. The highest BCUT2D eigenvalue weighted by molar-refractivity contribution is 8.14. The zero-order chi connectivity index (χ0) is 12.3. The molecule has 1 aromatic rings. The minimum Gasteiger partial charge on any atom is -0.361 e. The van der Waals surface area contributed by atoms with Crippen molar-refractivity contribution < 1.29 is 0 Å². The summed E-state index contributed by atoms with van der Waals surface area (Å²) in [5.41, 5.74) is 0.